The molecular weight excluding hydrogens is 296 g/mol. The minimum atomic E-state index is -0.298. The molecule has 1 amide bonds. The highest BCUT2D eigenvalue weighted by Crippen LogP contribution is 2.23. The van der Waals surface area contributed by atoms with E-state index in [9.17, 15) is 9.59 Å². The van der Waals surface area contributed by atoms with Crippen molar-refractivity contribution in [3.05, 3.63) is 68.2 Å². The number of carbonyl (C=O) groups is 1. The third-order valence-electron chi connectivity index (χ3n) is 2.61. The lowest BCUT2D eigenvalue weighted by Gasteiger charge is -2.20. The van der Waals surface area contributed by atoms with Crippen molar-refractivity contribution in [2.45, 2.75) is 6.54 Å². The number of rotatable bonds is 5. The Morgan fingerprint density at radius 1 is 1.40 bits per heavy atom. The molecule has 2 heterocycles. The number of aromatic amines is 1. The van der Waals surface area contributed by atoms with E-state index in [1.54, 1.807) is 29.2 Å². The largest absolute Gasteiger partial charge is 0.329 e. The van der Waals surface area contributed by atoms with E-state index >= 15 is 0 Å². The number of hydrogen-bond donors (Lipinski definition) is 1. The molecule has 0 bridgehead atoms. The molecule has 6 heteroatoms. The summed E-state index contributed by atoms with van der Waals surface area (Å²) in [5.74, 6) is -0.243. The topological polar surface area (TPSA) is 53.2 Å². The standard InChI is InChI=1S/C14H13ClN2O2S/c1-2-8-17(9-10-6-7-12(15)20-10)14(19)11-4-3-5-13(18)16-11/h2-7H,1,8-9H2,(H,16,18). The molecule has 0 aromatic carbocycles. The number of H-pyrrole nitrogens is 1. The van der Waals surface area contributed by atoms with E-state index in [4.69, 9.17) is 11.6 Å². The van der Waals surface area contributed by atoms with Crippen LogP contribution in [0.15, 0.2) is 47.8 Å². The zero-order chi connectivity index (χ0) is 14.5. The first-order valence-corrected chi connectivity index (χ1v) is 7.13. The maximum atomic E-state index is 12.4. The van der Waals surface area contributed by atoms with Crippen LogP contribution in [0, 0.1) is 0 Å². The lowest BCUT2D eigenvalue weighted by atomic mass is 10.3. The van der Waals surface area contributed by atoms with Gasteiger partial charge in [0, 0.05) is 17.5 Å². The number of aromatic nitrogens is 1. The van der Waals surface area contributed by atoms with Crippen LogP contribution in [0.5, 0.6) is 0 Å². The maximum Gasteiger partial charge on any atom is 0.270 e. The Hall–Kier alpha value is -1.85. The van der Waals surface area contributed by atoms with Gasteiger partial charge in [0.15, 0.2) is 0 Å². The first kappa shape index (κ1) is 14.6. The summed E-state index contributed by atoms with van der Waals surface area (Å²) in [5.41, 5.74) is -0.0319. The summed E-state index contributed by atoms with van der Waals surface area (Å²) in [7, 11) is 0. The van der Waals surface area contributed by atoms with Crippen molar-refractivity contribution in [1.29, 1.82) is 0 Å². The van der Waals surface area contributed by atoms with Gasteiger partial charge in [-0.05, 0) is 18.2 Å². The second-order valence-corrected chi connectivity index (χ2v) is 5.91. The zero-order valence-electron chi connectivity index (χ0n) is 10.6. The lowest BCUT2D eigenvalue weighted by molar-refractivity contribution is 0.0758. The lowest BCUT2D eigenvalue weighted by Crippen LogP contribution is -2.32. The molecule has 0 saturated carbocycles. The second-order valence-electron chi connectivity index (χ2n) is 4.11. The minimum Gasteiger partial charge on any atom is -0.329 e. The predicted octanol–water partition coefficient (Wildman–Crippen LogP) is 2.92. The molecule has 0 spiro atoms. The molecule has 2 rings (SSSR count). The van der Waals surface area contributed by atoms with Crippen LogP contribution < -0.4 is 5.56 Å². The number of amides is 1. The molecule has 104 valence electrons. The Balaban J connectivity index is 2.21. The van der Waals surface area contributed by atoms with Crippen molar-refractivity contribution >= 4 is 28.8 Å². The van der Waals surface area contributed by atoms with E-state index in [0.717, 1.165) is 4.88 Å². The van der Waals surface area contributed by atoms with Gasteiger partial charge in [-0.15, -0.1) is 17.9 Å². The number of pyridine rings is 1. The molecule has 2 aromatic rings. The average molecular weight is 309 g/mol. The Morgan fingerprint density at radius 3 is 2.80 bits per heavy atom. The van der Waals surface area contributed by atoms with Crippen LogP contribution >= 0.6 is 22.9 Å². The van der Waals surface area contributed by atoms with E-state index in [-0.39, 0.29) is 17.2 Å². The van der Waals surface area contributed by atoms with Crippen LogP contribution in [0.4, 0.5) is 0 Å². The second kappa shape index (κ2) is 6.54. The van der Waals surface area contributed by atoms with Gasteiger partial charge in [0.2, 0.25) is 5.56 Å². The van der Waals surface area contributed by atoms with Crippen molar-refractivity contribution in [1.82, 2.24) is 9.88 Å². The van der Waals surface area contributed by atoms with Gasteiger partial charge in [-0.1, -0.05) is 23.7 Å². The molecule has 0 radical (unpaired) electrons. The Kier molecular flexibility index (Phi) is 4.76. The number of nitrogens with one attached hydrogen (secondary N) is 1. The minimum absolute atomic E-state index is 0.243. The first-order chi connectivity index (χ1) is 9.60. The van der Waals surface area contributed by atoms with E-state index in [0.29, 0.717) is 17.4 Å². The van der Waals surface area contributed by atoms with Gasteiger partial charge >= 0.3 is 0 Å². The highest BCUT2D eigenvalue weighted by molar-refractivity contribution is 7.16. The summed E-state index contributed by atoms with van der Waals surface area (Å²) in [5, 5.41) is 0. The molecule has 0 aliphatic carbocycles. The molecule has 4 nitrogen and oxygen atoms in total. The Labute approximate surface area is 125 Å². The van der Waals surface area contributed by atoms with Crippen LogP contribution in [0.3, 0.4) is 0 Å². The van der Waals surface area contributed by atoms with Gasteiger partial charge in [-0.25, -0.2) is 0 Å². The molecule has 0 aliphatic heterocycles. The van der Waals surface area contributed by atoms with E-state index in [1.807, 2.05) is 6.07 Å². The summed E-state index contributed by atoms with van der Waals surface area (Å²) in [4.78, 5) is 28.8. The first-order valence-electron chi connectivity index (χ1n) is 5.94. The summed E-state index contributed by atoms with van der Waals surface area (Å²) >= 11 is 7.31. The normalized spacial score (nSPS) is 10.2. The molecule has 20 heavy (non-hydrogen) atoms. The van der Waals surface area contributed by atoms with Crippen molar-refractivity contribution in [3.8, 4) is 0 Å². The number of thiophene rings is 1. The zero-order valence-corrected chi connectivity index (χ0v) is 12.2. The molecule has 0 fully saturated rings. The highest BCUT2D eigenvalue weighted by Gasteiger charge is 2.16. The average Bonchev–Trinajstić information content (AvgIpc) is 2.83. The summed E-state index contributed by atoms with van der Waals surface area (Å²) in [6.07, 6.45) is 1.65. The van der Waals surface area contributed by atoms with E-state index in [2.05, 4.69) is 11.6 Å². The van der Waals surface area contributed by atoms with E-state index < -0.39 is 0 Å². The summed E-state index contributed by atoms with van der Waals surface area (Å²) < 4.78 is 0.680. The summed E-state index contributed by atoms with van der Waals surface area (Å²) in [6, 6.07) is 8.18. The van der Waals surface area contributed by atoms with Crippen LogP contribution in [-0.2, 0) is 6.54 Å². The fourth-order valence-electron chi connectivity index (χ4n) is 1.74. The monoisotopic (exact) mass is 308 g/mol. The van der Waals surface area contributed by atoms with Crippen LogP contribution in [0.2, 0.25) is 4.34 Å². The SMILES string of the molecule is C=CCN(Cc1ccc(Cl)s1)C(=O)c1cccc(=O)[nH]1. The number of carbonyl (C=O) groups excluding carboxylic acids is 1. The molecule has 0 unspecified atom stereocenters. The smallest absolute Gasteiger partial charge is 0.270 e. The van der Waals surface area contributed by atoms with Gasteiger partial charge in [-0.2, -0.15) is 0 Å². The predicted molar refractivity (Wildman–Crippen MR) is 81.3 cm³/mol. The Bertz CT molecular complexity index is 678. The third-order valence-corrected chi connectivity index (χ3v) is 3.83. The van der Waals surface area contributed by atoms with Gasteiger partial charge in [-0.3, -0.25) is 9.59 Å². The quantitative estimate of drug-likeness (QED) is 0.863. The van der Waals surface area contributed by atoms with Crippen molar-refractivity contribution in [2.24, 2.45) is 0 Å². The summed E-state index contributed by atoms with van der Waals surface area (Å²) in [6.45, 7) is 4.48. The fourth-order valence-corrected chi connectivity index (χ4v) is 2.85. The van der Waals surface area contributed by atoms with Gasteiger partial charge in [0.25, 0.3) is 5.91 Å². The number of nitrogens with zero attached hydrogens (tertiary/aromatic N) is 1. The maximum absolute atomic E-state index is 12.4. The van der Waals surface area contributed by atoms with E-state index in [1.165, 1.54) is 17.4 Å². The van der Waals surface area contributed by atoms with Gasteiger partial charge < -0.3 is 9.88 Å². The molecule has 0 atom stereocenters. The van der Waals surface area contributed by atoms with Crippen LogP contribution in [-0.4, -0.2) is 22.3 Å². The molecular formula is C14H13ClN2O2S. The molecule has 0 aliphatic rings. The molecule has 2 aromatic heterocycles. The Morgan fingerprint density at radius 2 is 2.20 bits per heavy atom. The third kappa shape index (κ3) is 3.59. The number of hydrogen-bond acceptors (Lipinski definition) is 3. The van der Waals surface area contributed by atoms with Crippen LogP contribution in [0.1, 0.15) is 15.4 Å². The molecule has 0 saturated heterocycles. The number of halogens is 1. The fraction of sp³-hybridized carbons (Fsp3) is 0.143. The van der Waals surface area contributed by atoms with Crippen molar-refractivity contribution in [3.63, 3.8) is 0 Å². The van der Waals surface area contributed by atoms with Crippen LogP contribution in [0.25, 0.3) is 0 Å². The van der Waals surface area contributed by atoms with Gasteiger partial charge in [0.05, 0.1) is 10.9 Å². The van der Waals surface area contributed by atoms with Gasteiger partial charge in [0.1, 0.15) is 5.69 Å². The van der Waals surface area contributed by atoms with Crippen molar-refractivity contribution < 1.29 is 4.79 Å². The molecule has 1 N–H and O–H groups in total. The van der Waals surface area contributed by atoms with Crippen molar-refractivity contribution in [2.75, 3.05) is 6.54 Å². The highest BCUT2D eigenvalue weighted by atomic mass is 35.5.